The highest BCUT2D eigenvalue weighted by Crippen LogP contribution is 2.27. The van der Waals surface area contributed by atoms with Gasteiger partial charge in [-0.2, -0.15) is 0 Å². The number of hydrazine groups is 1. The molecule has 0 fully saturated rings. The largest absolute Gasteiger partial charge is 0.494 e. The highest BCUT2D eigenvalue weighted by atomic mass is 19.1. The topological polar surface area (TPSA) is 47.3 Å². The van der Waals surface area contributed by atoms with Gasteiger partial charge in [-0.3, -0.25) is 11.3 Å². The Labute approximate surface area is 120 Å². The van der Waals surface area contributed by atoms with Crippen molar-refractivity contribution < 1.29 is 17.9 Å². The lowest BCUT2D eigenvalue weighted by molar-refractivity contribution is 0.379. The minimum absolute atomic E-state index is 0.0761. The number of hydrogen-bond acceptors (Lipinski definition) is 3. The first kappa shape index (κ1) is 15.3. The van der Waals surface area contributed by atoms with Crippen molar-refractivity contribution in [3.05, 3.63) is 65.0 Å². The Balaban J connectivity index is 2.32. The van der Waals surface area contributed by atoms with Crippen LogP contribution in [0.5, 0.6) is 5.75 Å². The second-order valence-corrected chi connectivity index (χ2v) is 4.52. The highest BCUT2D eigenvalue weighted by Gasteiger charge is 2.19. The van der Waals surface area contributed by atoms with Crippen molar-refractivity contribution in [2.75, 3.05) is 7.11 Å². The zero-order valence-corrected chi connectivity index (χ0v) is 11.4. The van der Waals surface area contributed by atoms with Crippen LogP contribution in [0.25, 0.3) is 0 Å². The smallest absolute Gasteiger partial charge is 0.169 e. The van der Waals surface area contributed by atoms with Crippen molar-refractivity contribution in [3.8, 4) is 5.75 Å². The van der Waals surface area contributed by atoms with Crippen LogP contribution < -0.4 is 16.0 Å². The molecule has 2 rings (SSSR count). The van der Waals surface area contributed by atoms with Gasteiger partial charge in [-0.15, -0.1) is 0 Å². The van der Waals surface area contributed by atoms with Crippen LogP contribution in [0.4, 0.5) is 13.2 Å². The average molecular weight is 296 g/mol. The molecule has 0 heterocycles. The van der Waals surface area contributed by atoms with Crippen molar-refractivity contribution in [1.82, 2.24) is 5.43 Å². The molecule has 21 heavy (non-hydrogen) atoms. The fourth-order valence-corrected chi connectivity index (χ4v) is 2.12. The molecule has 2 aromatic carbocycles. The second-order valence-electron chi connectivity index (χ2n) is 4.52. The first-order chi connectivity index (χ1) is 10.1. The maximum absolute atomic E-state index is 14.2. The molecule has 2 aromatic rings. The molecule has 0 aliphatic carbocycles. The number of hydrogen-bond donors (Lipinski definition) is 2. The Bertz CT molecular complexity index is 634. The fourth-order valence-electron chi connectivity index (χ4n) is 2.12. The molecule has 1 atom stereocenters. The van der Waals surface area contributed by atoms with E-state index in [2.05, 4.69) is 5.43 Å². The average Bonchev–Trinajstić information content (AvgIpc) is 2.47. The summed E-state index contributed by atoms with van der Waals surface area (Å²) in [6, 6.07) is 7.20. The second kappa shape index (κ2) is 6.60. The van der Waals surface area contributed by atoms with Crippen molar-refractivity contribution >= 4 is 0 Å². The van der Waals surface area contributed by atoms with Gasteiger partial charge in [0, 0.05) is 11.6 Å². The van der Waals surface area contributed by atoms with Crippen LogP contribution in [-0.2, 0) is 6.42 Å². The zero-order chi connectivity index (χ0) is 15.4. The number of ether oxygens (including phenoxy) is 1. The molecule has 112 valence electrons. The SMILES string of the molecule is COc1cccc(C(Cc2ccc(F)cc2F)NN)c1F. The minimum Gasteiger partial charge on any atom is -0.494 e. The number of nitrogens with one attached hydrogen (secondary N) is 1. The van der Waals surface area contributed by atoms with E-state index in [1.807, 2.05) is 0 Å². The summed E-state index contributed by atoms with van der Waals surface area (Å²) in [7, 11) is 1.35. The summed E-state index contributed by atoms with van der Waals surface area (Å²) in [5.41, 5.74) is 2.93. The molecule has 3 N–H and O–H groups in total. The van der Waals surface area contributed by atoms with Gasteiger partial charge in [0.05, 0.1) is 13.2 Å². The number of nitrogens with two attached hydrogens (primary N) is 1. The lowest BCUT2D eigenvalue weighted by Gasteiger charge is -2.18. The monoisotopic (exact) mass is 296 g/mol. The van der Waals surface area contributed by atoms with E-state index in [1.165, 1.54) is 25.3 Å². The molecule has 0 bridgehead atoms. The van der Waals surface area contributed by atoms with E-state index in [0.717, 1.165) is 12.1 Å². The molecular formula is C15H15F3N2O. The molecule has 0 radical (unpaired) electrons. The van der Waals surface area contributed by atoms with Crippen LogP contribution in [0.15, 0.2) is 36.4 Å². The lowest BCUT2D eigenvalue weighted by atomic mass is 9.98. The van der Waals surface area contributed by atoms with Gasteiger partial charge in [0.25, 0.3) is 0 Å². The highest BCUT2D eigenvalue weighted by molar-refractivity contribution is 5.34. The summed E-state index contributed by atoms with van der Waals surface area (Å²) in [5.74, 6) is 3.59. The van der Waals surface area contributed by atoms with Crippen LogP contribution in [0, 0.1) is 17.5 Å². The molecule has 0 aliphatic rings. The Hall–Kier alpha value is -2.05. The zero-order valence-electron chi connectivity index (χ0n) is 11.4. The number of halogens is 3. The van der Waals surface area contributed by atoms with E-state index in [4.69, 9.17) is 10.6 Å². The Morgan fingerprint density at radius 2 is 1.95 bits per heavy atom. The molecule has 6 heteroatoms. The Kier molecular flexibility index (Phi) is 4.82. The van der Waals surface area contributed by atoms with Crippen molar-refractivity contribution in [3.63, 3.8) is 0 Å². The van der Waals surface area contributed by atoms with Crippen LogP contribution in [-0.4, -0.2) is 7.11 Å². The Morgan fingerprint density at radius 3 is 2.57 bits per heavy atom. The molecule has 0 saturated heterocycles. The van der Waals surface area contributed by atoms with Crippen molar-refractivity contribution in [1.29, 1.82) is 0 Å². The number of rotatable bonds is 5. The van der Waals surface area contributed by atoms with E-state index < -0.39 is 23.5 Å². The summed E-state index contributed by atoms with van der Waals surface area (Å²) in [4.78, 5) is 0. The quantitative estimate of drug-likeness (QED) is 0.659. The third-order valence-corrected chi connectivity index (χ3v) is 3.23. The number of benzene rings is 2. The van der Waals surface area contributed by atoms with Gasteiger partial charge < -0.3 is 4.74 Å². The Morgan fingerprint density at radius 1 is 1.19 bits per heavy atom. The predicted molar refractivity (Wildman–Crippen MR) is 73.1 cm³/mol. The summed E-state index contributed by atoms with van der Waals surface area (Å²) in [6.45, 7) is 0. The standard InChI is InChI=1S/C15H15F3N2O/c1-21-14-4-2-3-11(15(14)18)13(20-19)7-9-5-6-10(16)8-12(9)17/h2-6,8,13,20H,7,19H2,1H3. The van der Waals surface area contributed by atoms with Gasteiger partial charge in [0.15, 0.2) is 11.6 Å². The van der Waals surface area contributed by atoms with Gasteiger partial charge in [0.2, 0.25) is 0 Å². The van der Waals surface area contributed by atoms with Crippen LogP contribution in [0.2, 0.25) is 0 Å². The maximum atomic E-state index is 14.2. The predicted octanol–water partition coefficient (Wildman–Crippen LogP) is 2.86. The maximum Gasteiger partial charge on any atom is 0.169 e. The van der Waals surface area contributed by atoms with E-state index in [1.54, 1.807) is 6.07 Å². The van der Waals surface area contributed by atoms with E-state index in [-0.39, 0.29) is 23.3 Å². The molecule has 0 aliphatic heterocycles. The van der Waals surface area contributed by atoms with Gasteiger partial charge in [-0.1, -0.05) is 18.2 Å². The third kappa shape index (κ3) is 3.34. The molecule has 0 amide bonds. The van der Waals surface area contributed by atoms with Crippen LogP contribution >= 0.6 is 0 Å². The summed E-state index contributed by atoms with van der Waals surface area (Å²) >= 11 is 0. The van der Waals surface area contributed by atoms with Gasteiger partial charge in [0.1, 0.15) is 11.6 Å². The summed E-state index contributed by atoms with van der Waals surface area (Å²) in [5, 5.41) is 0. The first-order valence-electron chi connectivity index (χ1n) is 6.29. The summed E-state index contributed by atoms with van der Waals surface area (Å²) < 4.78 is 45.7. The van der Waals surface area contributed by atoms with E-state index in [0.29, 0.717) is 0 Å². The lowest BCUT2D eigenvalue weighted by Crippen LogP contribution is -2.30. The summed E-state index contributed by atoms with van der Waals surface area (Å²) in [6.07, 6.45) is 0.0761. The van der Waals surface area contributed by atoms with Crippen LogP contribution in [0.1, 0.15) is 17.2 Å². The molecule has 3 nitrogen and oxygen atoms in total. The van der Waals surface area contributed by atoms with E-state index >= 15 is 0 Å². The van der Waals surface area contributed by atoms with E-state index in [9.17, 15) is 13.2 Å². The normalized spacial score (nSPS) is 12.2. The first-order valence-corrected chi connectivity index (χ1v) is 6.29. The van der Waals surface area contributed by atoms with Crippen molar-refractivity contribution in [2.24, 2.45) is 5.84 Å². The number of methoxy groups -OCH3 is 1. The molecule has 0 saturated carbocycles. The third-order valence-electron chi connectivity index (χ3n) is 3.23. The molecule has 0 spiro atoms. The van der Waals surface area contributed by atoms with Gasteiger partial charge in [-0.25, -0.2) is 13.2 Å². The molecule has 1 unspecified atom stereocenters. The minimum atomic E-state index is -0.696. The molecular weight excluding hydrogens is 281 g/mol. The van der Waals surface area contributed by atoms with Crippen LogP contribution in [0.3, 0.4) is 0 Å². The molecule has 0 aromatic heterocycles. The fraction of sp³-hybridized carbons (Fsp3) is 0.200. The van der Waals surface area contributed by atoms with Gasteiger partial charge in [-0.05, 0) is 24.1 Å². The van der Waals surface area contributed by atoms with Crippen molar-refractivity contribution in [2.45, 2.75) is 12.5 Å². The van der Waals surface area contributed by atoms with Gasteiger partial charge >= 0.3 is 0 Å².